The predicted molar refractivity (Wildman–Crippen MR) is 65.2 cm³/mol. The lowest BCUT2D eigenvalue weighted by Crippen LogP contribution is -2.19. The van der Waals surface area contributed by atoms with E-state index < -0.39 is 0 Å². The largest absolute Gasteiger partial charge is 0.313 e. The molecule has 3 rings (SSSR count). The Kier molecular flexibility index (Phi) is 2.37. The molecule has 2 fully saturated rings. The summed E-state index contributed by atoms with van der Waals surface area (Å²) in [5, 5.41) is 5.87. The lowest BCUT2D eigenvalue weighted by Gasteiger charge is -2.16. The van der Waals surface area contributed by atoms with Crippen LogP contribution in [0.25, 0.3) is 0 Å². The van der Waals surface area contributed by atoms with Crippen molar-refractivity contribution in [2.75, 3.05) is 7.05 Å². The number of aryl methyl sites for hydroxylation is 1. The highest BCUT2D eigenvalue weighted by Crippen LogP contribution is 2.62. The van der Waals surface area contributed by atoms with Gasteiger partial charge in [-0.1, -0.05) is 6.42 Å². The van der Waals surface area contributed by atoms with Crippen molar-refractivity contribution in [3.63, 3.8) is 0 Å². The first-order chi connectivity index (χ1) is 7.31. The molecule has 0 bridgehead atoms. The van der Waals surface area contributed by atoms with Gasteiger partial charge in [0.2, 0.25) is 0 Å². The zero-order chi connectivity index (χ0) is 10.4. The first-order valence-electron chi connectivity index (χ1n) is 6.03. The fraction of sp³-hybridized carbons (Fsp3) is 0.692. The topological polar surface area (TPSA) is 12.0 Å². The molecule has 1 nitrogen and oxygen atoms in total. The third-order valence-corrected chi connectivity index (χ3v) is 5.16. The Morgan fingerprint density at radius 1 is 1.40 bits per heavy atom. The highest BCUT2D eigenvalue weighted by Gasteiger charge is 2.55. The van der Waals surface area contributed by atoms with Crippen molar-refractivity contribution < 1.29 is 0 Å². The van der Waals surface area contributed by atoms with E-state index in [0.717, 1.165) is 17.8 Å². The van der Waals surface area contributed by atoms with Gasteiger partial charge in [-0.05, 0) is 61.6 Å². The van der Waals surface area contributed by atoms with Crippen molar-refractivity contribution in [3.8, 4) is 0 Å². The Morgan fingerprint density at radius 3 is 2.67 bits per heavy atom. The molecule has 0 aliphatic heterocycles. The summed E-state index contributed by atoms with van der Waals surface area (Å²) in [6.07, 6.45) is 4.44. The van der Waals surface area contributed by atoms with Crippen LogP contribution in [0.4, 0.5) is 0 Å². The number of thiophene rings is 1. The Labute approximate surface area is 95.9 Å². The molecule has 0 radical (unpaired) electrons. The molecule has 3 atom stereocenters. The van der Waals surface area contributed by atoms with Crippen LogP contribution in [-0.4, -0.2) is 7.05 Å². The van der Waals surface area contributed by atoms with E-state index >= 15 is 0 Å². The molecule has 0 amide bonds. The summed E-state index contributed by atoms with van der Waals surface area (Å²) in [5.74, 6) is 3.03. The summed E-state index contributed by atoms with van der Waals surface area (Å²) in [6.45, 7) is 2.20. The molecule has 1 heterocycles. The fourth-order valence-corrected chi connectivity index (χ4v) is 4.32. The van der Waals surface area contributed by atoms with Gasteiger partial charge in [0.05, 0.1) is 0 Å². The zero-order valence-electron chi connectivity index (χ0n) is 9.49. The zero-order valence-corrected chi connectivity index (χ0v) is 10.3. The molecule has 2 saturated carbocycles. The summed E-state index contributed by atoms with van der Waals surface area (Å²) < 4.78 is 0. The lowest BCUT2D eigenvalue weighted by molar-refractivity contribution is 0.445. The molecule has 15 heavy (non-hydrogen) atoms. The molecule has 1 N–H and O–H groups in total. The van der Waals surface area contributed by atoms with Crippen LogP contribution in [0.2, 0.25) is 0 Å². The minimum atomic E-state index is 0.630. The maximum absolute atomic E-state index is 3.53. The summed E-state index contributed by atoms with van der Waals surface area (Å²) in [4.78, 5) is 1.44. The molecule has 2 heteroatoms. The van der Waals surface area contributed by atoms with E-state index in [9.17, 15) is 0 Å². The van der Waals surface area contributed by atoms with E-state index in [0.29, 0.717) is 6.04 Å². The van der Waals surface area contributed by atoms with Gasteiger partial charge in [-0.3, -0.25) is 0 Å². The number of nitrogens with one attached hydrogen (secondary N) is 1. The molecule has 82 valence electrons. The first-order valence-corrected chi connectivity index (χ1v) is 6.91. The number of hydrogen-bond donors (Lipinski definition) is 1. The predicted octanol–water partition coefficient (Wildman–Crippen LogP) is 3.36. The summed E-state index contributed by atoms with van der Waals surface area (Å²) >= 11 is 1.88. The van der Waals surface area contributed by atoms with Crippen LogP contribution in [0, 0.1) is 24.7 Å². The molecular formula is C13H19NS. The summed E-state index contributed by atoms with van der Waals surface area (Å²) in [5.41, 5.74) is 1.53. The van der Waals surface area contributed by atoms with Gasteiger partial charge in [0.15, 0.2) is 0 Å². The minimum absolute atomic E-state index is 0.630. The van der Waals surface area contributed by atoms with Crippen molar-refractivity contribution in [2.24, 2.45) is 17.8 Å². The van der Waals surface area contributed by atoms with Gasteiger partial charge in [-0.2, -0.15) is 0 Å². The quantitative estimate of drug-likeness (QED) is 0.825. The van der Waals surface area contributed by atoms with Gasteiger partial charge in [-0.15, -0.1) is 11.3 Å². The van der Waals surface area contributed by atoms with Gasteiger partial charge >= 0.3 is 0 Å². The van der Waals surface area contributed by atoms with E-state index in [1.54, 1.807) is 0 Å². The average molecular weight is 221 g/mol. The Morgan fingerprint density at radius 2 is 2.13 bits per heavy atom. The standard InChI is InChI=1S/C13H19NS/c1-8-6-9(7-15-8)13(14-2)12-10-4-3-5-11(10)12/h6-7,10-14H,3-5H2,1-2H3. The monoisotopic (exact) mass is 221 g/mol. The second-order valence-corrected chi connectivity index (χ2v) is 6.21. The van der Waals surface area contributed by atoms with Crippen molar-refractivity contribution in [3.05, 3.63) is 21.9 Å². The molecule has 1 aromatic rings. The third-order valence-electron chi connectivity index (χ3n) is 4.28. The smallest absolute Gasteiger partial charge is 0.0360 e. The molecular weight excluding hydrogens is 202 g/mol. The minimum Gasteiger partial charge on any atom is -0.313 e. The average Bonchev–Trinajstić information content (AvgIpc) is 2.67. The second-order valence-electron chi connectivity index (χ2n) is 5.09. The number of rotatable bonds is 3. The van der Waals surface area contributed by atoms with Gasteiger partial charge in [0.25, 0.3) is 0 Å². The number of fused-ring (bicyclic) bond motifs is 1. The molecule has 0 saturated heterocycles. The number of hydrogen-bond acceptors (Lipinski definition) is 2. The van der Waals surface area contributed by atoms with Crippen LogP contribution in [0.15, 0.2) is 11.4 Å². The van der Waals surface area contributed by atoms with Gasteiger partial charge in [0, 0.05) is 10.9 Å². The summed E-state index contributed by atoms with van der Waals surface area (Å²) in [7, 11) is 2.12. The van der Waals surface area contributed by atoms with Crippen LogP contribution in [0.1, 0.15) is 35.7 Å². The van der Waals surface area contributed by atoms with Crippen molar-refractivity contribution >= 4 is 11.3 Å². The fourth-order valence-electron chi connectivity index (χ4n) is 3.58. The summed E-state index contributed by atoms with van der Waals surface area (Å²) in [6, 6.07) is 2.99. The van der Waals surface area contributed by atoms with Crippen LogP contribution in [-0.2, 0) is 0 Å². The maximum Gasteiger partial charge on any atom is 0.0360 e. The molecule has 0 aromatic carbocycles. The van der Waals surface area contributed by atoms with Gasteiger partial charge in [0.1, 0.15) is 0 Å². The molecule has 2 aliphatic rings. The lowest BCUT2D eigenvalue weighted by atomic mass is 9.99. The van der Waals surface area contributed by atoms with Crippen LogP contribution in [0.5, 0.6) is 0 Å². The van der Waals surface area contributed by atoms with Gasteiger partial charge < -0.3 is 5.32 Å². The van der Waals surface area contributed by atoms with E-state index in [-0.39, 0.29) is 0 Å². The Balaban J connectivity index is 1.78. The molecule has 0 spiro atoms. The van der Waals surface area contributed by atoms with E-state index in [1.807, 2.05) is 11.3 Å². The molecule has 2 aliphatic carbocycles. The Bertz CT molecular complexity index is 347. The van der Waals surface area contributed by atoms with E-state index in [1.165, 1.54) is 29.7 Å². The molecule has 3 unspecified atom stereocenters. The van der Waals surface area contributed by atoms with Gasteiger partial charge in [-0.25, -0.2) is 0 Å². The van der Waals surface area contributed by atoms with Crippen molar-refractivity contribution in [1.82, 2.24) is 5.32 Å². The third kappa shape index (κ3) is 1.55. The first kappa shape index (κ1) is 9.86. The van der Waals surface area contributed by atoms with Crippen LogP contribution < -0.4 is 5.32 Å². The van der Waals surface area contributed by atoms with Crippen molar-refractivity contribution in [2.45, 2.75) is 32.2 Å². The van der Waals surface area contributed by atoms with Crippen LogP contribution in [0.3, 0.4) is 0 Å². The van der Waals surface area contributed by atoms with E-state index in [2.05, 4.69) is 30.7 Å². The van der Waals surface area contributed by atoms with Crippen LogP contribution >= 0.6 is 11.3 Å². The van der Waals surface area contributed by atoms with E-state index in [4.69, 9.17) is 0 Å². The normalized spacial score (nSPS) is 35.2. The van der Waals surface area contributed by atoms with Crippen molar-refractivity contribution in [1.29, 1.82) is 0 Å². The highest BCUT2D eigenvalue weighted by molar-refractivity contribution is 7.10. The molecule has 1 aromatic heterocycles. The Hall–Kier alpha value is -0.340. The second kappa shape index (κ2) is 3.60. The SMILES string of the molecule is CNC(c1csc(C)c1)C1C2CCCC21. The highest BCUT2D eigenvalue weighted by atomic mass is 32.1. The maximum atomic E-state index is 3.53.